The normalized spacial score (nSPS) is 10.7. The Kier molecular flexibility index (Phi) is 3.66. The molecule has 1 heterocycles. The van der Waals surface area contributed by atoms with E-state index in [4.69, 9.17) is 11.6 Å². The van der Waals surface area contributed by atoms with Gasteiger partial charge >= 0.3 is 0 Å². The summed E-state index contributed by atoms with van der Waals surface area (Å²) in [6.07, 6.45) is 1.35. The first kappa shape index (κ1) is 12.2. The van der Waals surface area contributed by atoms with Gasteiger partial charge in [-0.1, -0.05) is 12.1 Å². The Labute approximate surface area is 107 Å². The van der Waals surface area contributed by atoms with E-state index in [1.165, 1.54) is 17.7 Å². The maximum atomic E-state index is 11.1. The Morgan fingerprint density at radius 1 is 1.50 bits per heavy atom. The molecule has 0 aliphatic carbocycles. The number of nitrogens with one attached hydrogen (secondary N) is 1. The monoisotopic (exact) mass is 261 g/mol. The Hall–Kier alpha value is -2.25. The van der Waals surface area contributed by atoms with Crippen LogP contribution in [0.2, 0.25) is 0 Å². The van der Waals surface area contributed by atoms with Crippen molar-refractivity contribution in [3.05, 3.63) is 35.2 Å². The first-order valence-corrected chi connectivity index (χ1v) is 5.93. The van der Waals surface area contributed by atoms with Gasteiger partial charge in [-0.05, 0) is 12.1 Å². The molecule has 0 atom stereocenters. The van der Waals surface area contributed by atoms with Crippen molar-refractivity contribution in [3.63, 3.8) is 0 Å². The van der Waals surface area contributed by atoms with Crippen molar-refractivity contribution in [2.24, 2.45) is 16.6 Å². The van der Waals surface area contributed by atoms with Gasteiger partial charge in [-0.2, -0.15) is 0 Å². The number of nitrogens with zero attached hydrogens (tertiary/aromatic N) is 2. The molecule has 6 nitrogen and oxygen atoms in total. The number of hydrogen-bond donors (Lipinski definition) is 3. The second kappa shape index (κ2) is 5.39. The smallest absolute Gasteiger partial charge is 0.248 e. The number of aromatic nitrogens is 1. The highest BCUT2D eigenvalue weighted by atomic mass is 32.1. The van der Waals surface area contributed by atoms with Gasteiger partial charge in [0.1, 0.15) is 6.34 Å². The lowest BCUT2D eigenvalue weighted by Gasteiger charge is -1.99. The SMILES string of the molecule is NN/C=N/c1nc(-c2cccc(C(N)=O)c2)cs1. The first-order chi connectivity index (χ1) is 8.70. The van der Waals surface area contributed by atoms with Crippen LogP contribution in [0.25, 0.3) is 11.3 Å². The van der Waals surface area contributed by atoms with Crippen LogP contribution < -0.4 is 17.0 Å². The first-order valence-electron chi connectivity index (χ1n) is 5.05. The Morgan fingerprint density at radius 3 is 3.06 bits per heavy atom. The summed E-state index contributed by atoms with van der Waals surface area (Å²) >= 11 is 1.38. The molecule has 0 saturated heterocycles. The number of carbonyl (C=O) groups excluding carboxylic acids is 1. The van der Waals surface area contributed by atoms with Crippen LogP contribution in [0.1, 0.15) is 10.4 Å². The van der Waals surface area contributed by atoms with Gasteiger partial charge in [0.25, 0.3) is 0 Å². The lowest BCUT2D eigenvalue weighted by molar-refractivity contribution is 0.100. The van der Waals surface area contributed by atoms with Crippen LogP contribution in [-0.4, -0.2) is 17.2 Å². The third-order valence-corrected chi connectivity index (χ3v) is 2.93. The molecule has 0 aliphatic heterocycles. The zero-order chi connectivity index (χ0) is 13.0. The van der Waals surface area contributed by atoms with Crippen molar-refractivity contribution in [3.8, 4) is 11.3 Å². The molecular formula is C11H11N5OS. The molecule has 0 fully saturated rings. The second-order valence-corrected chi connectivity index (χ2v) is 4.22. The number of thiazole rings is 1. The van der Waals surface area contributed by atoms with Crippen molar-refractivity contribution in [1.82, 2.24) is 10.4 Å². The third kappa shape index (κ3) is 2.70. The molecule has 7 heteroatoms. The summed E-state index contributed by atoms with van der Waals surface area (Å²) in [6.45, 7) is 0. The van der Waals surface area contributed by atoms with Gasteiger partial charge in [-0.3, -0.25) is 4.79 Å². The lowest BCUT2D eigenvalue weighted by atomic mass is 10.1. The number of hydrazine groups is 1. The number of benzene rings is 1. The number of aliphatic imine (C=N–C) groups is 1. The molecule has 92 valence electrons. The summed E-state index contributed by atoms with van der Waals surface area (Å²) in [7, 11) is 0. The topological polar surface area (TPSA) is 106 Å². The van der Waals surface area contributed by atoms with Gasteiger partial charge in [0.2, 0.25) is 11.0 Å². The van der Waals surface area contributed by atoms with Gasteiger partial charge in [0, 0.05) is 16.5 Å². The van der Waals surface area contributed by atoms with E-state index in [0.717, 1.165) is 11.3 Å². The molecule has 0 unspecified atom stereocenters. The molecule has 0 saturated carbocycles. The summed E-state index contributed by atoms with van der Waals surface area (Å²) in [4.78, 5) is 19.4. The Morgan fingerprint density at radius 2 is 2.33 bits per heavy atom. The molecule has 18 heavy (non-hydrogen) atoms. The average molecular weight is 261 g/mol. The zero-order valence-electron chi connectivity index (χ0n) is 9.33. The predicted molar refractivity (Wildman–Crippen MR) is 71.5 cm³/mol. The quantitative estimate of drug-likeness (QED) is 0.331. The molecule has 0 bridgehead atoms. The van der Waals surface area contributed by atoms with Crippen LogP contribution in [0.5, 0.6) is 0 Å². The number of rotatable bonds is 4. The maximum Gasteiger partial charge on any atom is 0.248 e. The highest BCUT2D eigenvalue weighted by molar-refractivity contribution is 7.13. The summed E-state index contributed by atoms with van der Waals surface area (Å²) in [5, 5.41) is 2.43. The largest absolute Gasteiger partial charge is 0.366 e. The highest BCUT2D eigenvalue weighted by Gasteiger charge is 2.06. The van der Waals surface area contributed by atoms with Gasteiger partial charge in [0.15, 0.2) is 0 Å². The Balaban J connectivity index is 2.31. The average Bonchev–Trinajstić information content (AvgIpc) is 2.85. The molecule has 0 spiro atoms. The van der Waals surface area contributed by atoms with E-state index >= 15 is 0 Å². The predicted octanol–water partition coefficient (Wildman–Crippen LogP) is 1.03. The number of nitrogens with two attached hydrogens (primary N) is 2. The fourth-order valence-corrected chi connectivity index (χ4v) is 2.05. The molecule has 0 radical (unpaired) electrons. The van der Waals surface area contributed by atoms with E-state index in [1.54, 1.807) is 18.2 Å². The lowest BCUT2D eigenvalue weighted by Crippen LogP contribution is -2.18. The van der Waals surface area contributed by atoms with Crippen molar-refractivity contribution >= 4 is 28.7 Å². The van der Waals surface area contributed by atoms with Crippen LogP contribution in [0.4, 0.5) is 5.13 Å². The van der Waals surface area contributed by atoms with Crippen LogP contribution in [0.3, 0.4) is 0 Å². The van der Waals surface area contributed by atoms with Crippen LogP contribution in [-0.2, 0) is 0 Å². The van der Waals surface area contributed by atoms with Gasteiger partial charge in [0.05, 0.1) is 5.69 Å². The number of amides is 1. The van der Waals surface area contributed by atoms with Crippen LogP contribution >= 0.6 is 11.3 Å². The maximum absolute atomic E-state index is 11.1. The van der Waals surface area contributed by atoms with Crippen LogP contribution in [0, 0.1) is 0 Å². The second-order valence-electron chi connectivity index (χ2n) is 3.39. The molecule has 2 rings (SSSR count). The minimum absolute atomic E-state index is 0.453. The Bertz CT molecular complexity index is 593. The van der Waals surface area contributed by atoms with Gasteiger partial charge in [-0.15, -0.1) is 11.3 Å². The molecule has 1 amide bonds. The molecule has 0 aliphatic rings. The summed E-state index contributed by atoms with van der Waals surface area (Å²) in [5.74, 6) is 4.61. The summed E-state index contributed by atoms with van der Waals surface area (Å²) in [5.41, 5.74) is 9.55. The summed E-state index contributed by atoms with van der Waals surface area (Å²) in [6, 6.07) is 6.98. The van der Waals surface area contributed by atoms with Gasteiger partial charge in [-0.25, -0.2) is 15.8 Å². The molecule has 2 aromatic rings. The molecular weight excluding hydrogens is 250 g/mol. The van der Waals surface area contributed by atoms with Gasteiger partial charge < -0.3 is 11.2 Å². The molecule has 1 aromatic heterocycles. The molecule has 5 N–H and O–H groups in total. The van der Waals surface area contributed by atoms with Crippen molar-refractivity contribution in [2.75, 3.05) is 0 Å². The highest BCUT2D eigenvalue weighted by Crippen LogP contribution is 2.26. The van der Waals surface area contributed by atoms with E-state index in [0.29, 0.717) is 10.7 Å². The standard InChI is InChI=1S/C11H11N5OS/c12-10(17)8-3-1-2-7(4-8)9-5-18-11(16-9)14-6-15-13/h1-6H,13H2,(H2,12,17)(H,14,15,16). The van der Waals surface area contributed by atoms with Crippen molar-refractivity contribution in [2.45, 2.75) is 0 Å². The fourth-order valence-electron chi connectivity index (χ4n) is 1.38. The number of hydrogen-bond acceptors (Lipinski definition) is 5. The van der Waals surface area contributed by atoms with E-state index in [9.17, 15) is 4.79 Å². The van der Waals surface area contributed by atoms with E-state index in [2.05, 4.69) is 15.4 Å². The van der Waals surface area contributed by atoms with Crippen molar-refractivity contribution in [1.29, 1.82) is 0 Å². The number of carbonyl (C=O) groups is 1. The molecule has 1 aromatic carbocycles. The zero-order valence-corrected chi connectivity index (χ0v) is 10.1. The van der Waals surface area contributed by atoms with Crippen molar-refractivity contribution < 1.29 is 4.79 Å². The minimum Gasteiger partial charge on any atom is -0.366 e. The van der Waals surface area contributed by atoms with E-state index in [1.807, 2.05) is 11.4 Å². The van der Waals surface area contributed by atoms with Crippen LogP contribution in [0.15, 0.2) is 34.6 Å². The van der Waals surface area contributed by atoms with E-state index in [-0.39, 0.29) is 0 Å². The minimum atomic E-state index is -0.461. The summed E-state index contributed by atoms with van der Waals surface area (Å²) < 4.78 is 0. The number of primary amides is 1. The van der Waals surface area contributed by atoms with E-state index < -0.39 is 5.91 Å². The third-order valence-electron chi connectivity index (χ3n) is 2.18. The fraction of sp³-hybridized carbons (Fsp3) is 0.